The summed E-state index contributed by atoms with van der Waals surface area (Å²) in [6, 6.07) is 10.2. The maximum absolute atomic E-state index is 12.0. The third kappa shape index (κ3) is 5.46. The van der Waals surface area contributed by atoms with Gasteiger partial charge in [0.15, 0.2) is 0 Å². The smallest absolute Gasteiger partial charge is 0.317 e. The maximum Gasteiger partial charge on any atom is 0.317 e. The van der Waals surface area contributed by atoms with Crippen molar-refractivity contribution in [3.63, 3.8) is 0 Å². The van der Waals surface area contributed by atoms with Crippen molar-refractivity contribution < 1.29 is 14.3 Å². The molecule has 2 N–H and O–H groups in total. The second-order valence-corrected chi connectivity index (χ2v) is 7.83. The monoisotopic (exact) mass is 361 g/mol. The van der Waals surface area contributed by atoms with E-state index in [0.717, 1.165) is 19.3 Å². The number of carbonyl (C=O) groups excluding carboxylic acids is 2. The van der Waals surface area contributed by atoms with Crippen molar-refractivity contribution in [1.82, 2.24) is 15.5 Å². The maximum atomic E-state index is 12.0. The van der Waals surface area contributed by atoms with E-state index in [0.29, 0.717) is 13.2 Å². The van der Waals surface area contributed by atoms with Gasteiger partial charge in [-0.15, -0.1) is 0 Å². The minimum Gasteiger partial charge on any atom is -0.376 e. The summed E-state index contributed by atoms with van der Waals surface area (Å²) in [6.07, 6.45) is 2.70. The van der Waals surface area contributed by atoms with Gasteiger partial charge in [0.1, 0.15) is 0 Å². The molecule has 6 heteroatoms. The molecule has 0 unspecified atom stereocenters. The highest BCUT2D eigenvalue weighted by molar-refractivity contribution is 5.83. The van der Waals surface area contributed by atoms with Crippen molar-refractivity contribution in [3.05, 3.63) is 35.9 Å². The number of nitrogens with one attached hydrogen (secondary N) is 2. The molecular weight excluding hydrogens is 330 g/mol. The lowest BCUT2D eigenvalue weighted by Crippen LogP contribution is -2.46. The molecule has 1 aromatic rings. The van der Waals surface area contributed by atoms with E-state index < -0.39 is 0 Å². The van der Waals surface area contributed by atoms with Gasteiger partial charge < -0.3 is 20.3 Å². The van der Waals surface area contributed by atoms with E-state index in [2.05, 4.69) is 48.7 Å². The SMILES string of the molecule is CN(C)C(=O)NCC(=O)NCC[C@]1(c2ccccc2)CCOC(C)(C)C1. The molecule has 6 nitrogen and oxygen atoms in total. The first-order valence-corrected chi connectivity index (χ1v) is 9.15. The highest BCUT2D eigenvalue weighted by atomic mass is 16.5. The fraction of sp³-hybridized carbons (Fsp3) is 0.600. The molecule has 1 heterocycles. The summed E-state index contributed by atoms with van der Waals surface area (Å²) in [6.45, 7) is 5.53. The van der Waals surface area contributed by atoms with Crippen molar-refractivity contribution >= 4 is 11.9 Å². The molecule has 1 atom stereocenters. The van der Waals surface area contributed by atoms with Crippen LogP contribution in [-0.2, 0) is 14.9 Å². The van der Waals surface area contributed by atoms with Crippen LogP contribution in [0.4, 0.5) is 4.79 Å². The summed E-state index contributed by atoms with van der Waals surface area (Å²) in [4.78, 5) is 24.9. The molecule has 3 amide bonds. The van der Waals surface area contributed by atoms with Crippen molar-refractivity contribution in [1.29, 1.82) is 0 Å². The summed E-state index contributed by atoms with van der Waals surface area (Å²) in [5.41, 5.74) is 1.10. The van der Waals surface area contributed by atoms with E-state index in [1.54, 1.807) is 14.1 Å². The molecule has 1 fully saturated rings. The molecule has 0 aliphatic carbocycles. The van der Waals surface area contributed by atoms with Gasteiger partial charge in [-0.3, -0.25) is 4.79 Å². The first-order chi connectivity index (χ1) is 12.2. The Hall–Kier alpha value is -2.08. The van der Waals surface area contributed by atoms with Crippen LogP contribution in [0.1, 0.15) is 38.7 Å². The van der Waals surface area contributed by atoms with Gasteiger partial charge in [0.25, 0.3) is 0 Å². The van der Waals surface area contributed by atoms with Crippen LogP contribution in [0.5, 0.6) is 0 Å². The second kappa shape index (κ2) is 8.54. The number of urea groups is 1. The lowest BCUT2D eigenvalue weighted by molar-refractivity contribution is -0.120. The first kappa shape index (κ1) is 20.2. The average Bonchev–Trinajstić information content (AvgIpc) is 2.59. The zero-order valence-corrected chi connectivity index (χ0v) is 16.3. The Bertz CT molecular complexity index is 616. The van der Waals surface area contributed by atoms with Crippen molar-refractivity contribution in [2.75, 3.05) is 33.8 Å². The van der Waals surface area contributed by atoms with Gasteiger partial charge in [-0.25, -0.2) is 4.79 Å². The van der Waals surface area contributed by atoms with Crippen LogP contribution in [0.3, 0.4) is 0 Å². The summed E-state index contributed by atoms with van der Waals surface area (Å²) < 4.78 is 5.92. The summed E-state index contributed by atoms with van der Waals surface area (Å²) in [7, 11) is 3.29. The van der Waals surface area contributed by atoms with Crippen LogP contribution in [-0.4, -0.2) is 56.2 Å². The van der Waals surface area contributed by atoms with Gasteiger partial charge in [-0.1, -0.05) is 30.3 Å². The predicted molar refractivity (Wildman–Crippen MR) is 102 cm³/mol. The van der Waals surface area contributed by atoms with Gasteiger partial charge in [-0.2, -0.15) is 0 Å². The molecule has 0 bridgehead atoms. The third-order valence-electron chi connectivity index (χ3n) is 4.96. The molecule has 26 heavy (non-hydrogen) atoms. The Morgan fingerprint density at radius 1 is 1.15 bits per heavy atom. The lowest BCUT2D eigenvalue weighted by Gasteiger charge is -2.45. The zero-order valence-electron chi connectivity index (χ0n) is 16.3. The molecule has 0 saturated carbocycles. The summed E-state index contributed by atoms with van der Waals surface area (Å²) in [5.74, 6) is -0.172. The molecule has 0 radical (unpaired) electrons. The Morgan fingerprint density at radius 2 is 1.85 bits per heavy atom. The van der Waals surface area contributed by atoms with Crippen LogP contribution in [0, 0.1) is 0 Å². The minimum atomic E-state index is -0.271. The number of benzene rings is 1. The molecular formula is C20H31N3O3. The molecule has 1 aliphatic heterocycles. The molecule has 2 rings (SSSR count). The van der Waals surface area contributed by atoms with Gasteiger partial charge in [0.2, 0.25) is 5.91 Å². The number of rotatable bonds is 6. The van der Waals surface area contributed by atoms with E-state index in [4.69, 9.17) is 4.74 Å². The predicted octanol–water partition coefficient (Wildman–Crippen LogP) is 2.29. The second-order valence-electron chi connectivity index (χ2n) is 7.83. The fourth-order valence-corrected chi connectivity index (χ4v) is 3.69. The van der Waals surface area contributed by atoms with Crippen LogP contribution in [0.2, 0.25) is 0 Å². The van der Waals surface area contributed by atoms with Gasteiger partial charge in [0, 0.05) is 32.7 Å². The van der Waals surface area contributed by atoms with E-state index in [1.165, 1.54) is 10.5 Å². The molecule has 1 saturated heterocycles. The average molecular weight is 361 g/mol. The third-order valence-corrected chi connectivity index (χ3v) is 4.96. The number of nitrogens with zero attached hydrogens (tertiary/aromatic N) is 1. The van der Waals surface area contributed by atoms with Crippen LogP contribution in [0.25, 0.3) is 0 Å². The van der Waals surface area contributed by atoms with Gasteiger partial charge >= 0.3 is 6.03 Å². The molecule has 0 spiro atoms. The number of amides is 3. The quantitative estimate of drug-likeness (QED) is 0.817. The van der Waals surface area contributed by atoms with E-state index in [1.807, 2.05) is 6.07 Å². The Labute approximate surface area is 156 Å². The van der Waals surface area contributed by atoms with E-state index in [9.17, 15) is 9.59 Å². The van der Waals surface area contributed by atoms with Crippen LogP contribution < -0.4 is 10.6 Å². The Balaban J connectivity index is 1.96. The van der Waals surface area contributed by atoms with Gasteiger partial charge in [0.05, 0.1) is 12.1 Å². The largest absolute Gasteiger partial charge is 0.376 e. The topological polar surface area (TPSA) is 70.7 Å². The first-order valence-electron chi connectivity index (χ1n) is 9.15. The molecule has 0 aromatic heterocycles. The van der Waals surface area contributed by atoms with Gasteiger partial charge in [-0.05, 0) is 38.7 Å². The number of hydrogen-bond donors (Lipinski definition) is 2. The fourth-order valence-electron chi connectivity index (χ4n) is 3.69. The highest BCUT2D eigenvalue weighted by Gasteiger charge is 2.41. The van der Waals surface area contributed by atoms with Crippen LogP contribution in [0.15, 0.2) is 30.3 Å². The summed E-state index contributed by atoms with van der Waals surface area (Å²) >= 11 is 0. The highest BCUT2D eigenvalue weighted by Crippen LogP contribution is 2.43. The van der Waals surface area contributed by atoms with Crippen molar-refractivity contribution in [2.24, 2.45) is 0 Å². The standard InChI is InChI=1S/C20H31N3O3/c1-19(2)15-20(11-13-26-19,16-8-6-5-7-9-16)10-12-21-17(24)14-22-18(25)23(3)4/h5-9H,10-15H2,1-4H3,(H,21,24)(H,22,25)/t20-/m0/s1. The minimum absolute atomic E-state index is 0.00997. The summed E-state index contributed by atoms with van der Waals surface area (Å²) in [5, 5.41) is 5.51. The lowest BCUT2D eigenvalue weighted by atomic mass is 9.67. The Morgan fingerprint density at radius 3 is 2.46 bits per heavy atom. The molecule has 1 aliphatic rings. The molecule has 144 valence electrons. The van der Waals surface area contributed by atoms with Crippen molar-refractivity contribution in [2.45, 2.75) is 44.1 Å². The number of carbonyl (C=O) groups is 2. The van der Waals surface area contributed by atoms with Crippen molar-refractivity contribution in [3.8, 4) is 0 Å². The number of hydrogen-bond acceptors (Lipinski definition) is 3. The van der Waals surface area contributed by atoms with E-state index in [-0.39, 0.29) is 29.5 Å². The van der Waals surface area contributed by atoms with E-state index >= 15 is 0 Å². The normalized spacial score (nSPS) is 21.7. The molecule has 1 aromatic carbocycles. The zero-order chi connectivity index (χ0) is 19.2. The van der Waals surface area contributed by atoms with Crippen LogP contribution >= 0.6 is 0 Å². The number of ether oxygens (including phenoxy) is 1. The Kier molecular flexibility index (Phi) is 6.64.